The smallest absolute Gasteiger partial charge is 0.272 e. The minimum atomic E-state index is -4.22. The van der Waals surface area contributed by atoms with Crippen LogP contribution in [0.1, 0.15) is 49.2 Å². The van der Waals surface area contributed by atoms with E-state index in [2.05, 4.69) is 15.1 Å². The molecule has 0 saturated carbocycles. The van der Waals surface area contributed by atoms with Crippen molar-refractivity contribution in [3.8, 4) is 23.1 Å². The summed E-state index contributed by atoms with van der Waals surface area (Å²) in [4.78, 5) is 23.6. The van der Waals surface area contributed by atoms with E-state index in [-0.39, 0.29) is 23.4 Å². The Morgan fingerprint density at radius 3 is 2.61 bits per heavy atom. The van der Waals surface area contributed by atoms with Crippen LogP contribution in [0.2, 0.25) is 0 Å². The Morgan fingerprint density at radius 2 is 2.00 bits per heavy atom. The maximum absolute atomic E-state index is 13.3. The lowest BCUT2D eigenvalue weighted by Crippen LogP contribution is -2.32. The van der Waals surface area contributed by atoms with Crippen molar-refractivity contribution in [3.63, 3.8) is 0 Å². The summed E-state index contributed by atoms with van der Waals surface area (Å²) in [6, 6.07) is 9.67. The number of methoxy groups -OCH3 is 1. The predicted molar refractivity (Wildman–Crippen MR) is 149 cm³/mol. The molecule has 2 heterocycles. The molecule has 1 fully saturated rings. The molecule has 1 aliphatic heterocycles. The van der Waals surface area contributed by atoms with Crippen LogP contribution >= 0.6 is 0 Å². The Morgan fingerprint density at radius 1 is 1.27 bits per heavy atom. The molecule has 0 bridgehead atoms. The average molecular weight is 588 g/mol. The van der Waals surface area contributed by atoms with Crippen molar-refractivity contribution in [1.82, 2.24) is 19.8 Å². The Kier molecular flexibility index (Phi) is 9.25. The number of nitro groups is 1. The van der Waals surface area contributed by atoms with Gasteiger partial charge in [0.05, 0.1) is 23.8 Å². The molecule has 1 saturated heterocycles. The molecule has 0 aliphatic carbocycles. The monoisotopic (exact) mass is 587 g/mol. The number of ether oxygens (including phenoxy) is 3. The molecule has 1 aliphatic rings. The number of rotatable bonds is 12. The summed E-state index contributed by atoms with van der Waals surface area (Å²) >= 11 is 0. The van der Waals surface area contributed by atoms with Gasteiger partial charge in [-0.3, -0.25) is 14.9 Å². The van der Waals surface area contributed by atoms with Crippen LogP contribution in [-0.2, 0) is 14.8 Å². The van der Waals surface area contributed by atoms with Gasteiger partial charge in [0.25, 0.3) is 11.6 Å². The van der Waals surface area contributed by atoms with Crippen molar-refractivity contribution in [2.45, 2.75) is 57.1 Å². The van der Waals surface area contributed by atoms with Crippen LogP contribution in [0.15, 0.2) is 47.4 Å². The fourth-order valence-electron chi connectivity index (χ4n) is 4.23. The van der Waals surface area contributed by atoms with E-state index in [0.717, 1.165) is 25.0 Å². The third-order valence-electron chi connectivity index (χ3n) is 6.72. The molecule has 41 heavy (non-hydrogen) atoms. The maximum atomic E-state index is 13.3. The third kappa shape index (κ3) is 6.84. The summed E-state index contributed by atoms with van der Waals surface area (Å²) in [5.74, 6) is 0.0290. The Labute approximate surface area is 238 Å². The van der Waals surface area contributed by atoms with Crippen LogP contribution < -0.4 is 19.5 Å². The van der Waals surface area contributed by atoms with Gasteiger partial charge in [0.15, 0.2) is 5.69 Å². The SMILES string of the molecule is CC[C@@H](C)NS(=O)(=O)c1cc([N+](=O)[O-])ccc1Oc1c(C)c(C(=O)NC[C@@H]2CCCO2)nn1-c1ccc(OC)cc1. The maximum Gasteiger partial charge on any atom is 0.272 e. The largest absolute Gasteiger partial charge is 0.497 e. The van der Waals surface area contributed by atoms with Crippen molar-refractivity contribution in [2.24, 2.45) is 0 Å². The summed E-state index contributed by atoms with van der Waals surface area (Å²) < 4.78 is 47.5. The summed E-state index contributed by atoms with van der Waals surface area (Å²) in [6.07, 6.45) is 2.19. The molecule has 2 atom stereocenters. The zero-order valence-corrected chi connectivity index (χ0v) is 24.1. The van der Waals surface area contributed by atoms with Crippen molar-refractivity contribution in [2.75, 3.05) is 20.3 Å². The number of carbonyl (C=O) groups is 1. The van der Waals surface area contributed by atoms with Gasteiger partial charge in [-0.1, -0.05) is 6.92 Å². The third-order valence-corrected chi connectivity index (χ3v) is 8.33. The van der Waals surface area contributed by atoms with Gasteiger partial charge >= 0.3 is 0 Å². The molecule has 13 nitrogen and oxygen atoms in total. The van der Waals surface area contributed by atoms with Crippen molar-refractivity contribution in [3.05, 3.63) is 63.8 Å². The number of nitro benzene ring substituents is 1. The van der Waals surface area contributed by atoms with Crippen LogP contribution in [0.5, 0.6) is 17.4 Å². The minimum absolute atomic E-state index is 0.0614. The average Bonchev–Trinajstić information content (AvgIpc) is 3.59. The summed E-state index contributed by atoms with van der Waals surface area (Å²) in [5.41, 5.74) is 0.489. The van der Waals surface area contributed by atoms with Crippen molar-refractivity contribution < 1.29 is 32.3 Å². The lowest BCUT2D eigenvalue weighted by Gasteiger charge is -2.16. The van der Waals surface area contributed by atoms with E-state index in [1.807, 2.05) is 0 Å². The first kappa shape index (κ1) is 30.0. The molecule has 4 rings (SSSR count). The number of nitrogens with one attached hydrogen (secondary N) is 2. The van der Waals surface area contributed by atoms with Gasteiger partial charge in [0, 0.05) is 36.9 Å². The lowest BCUT2D eigenvalue weighted by atomic mass is 10.2. The second kappa shape index (κ2) is 12.7. The molecule has 3 aromatic rings. The molecule has 1 amide bonds. The number of hydrogen-bond donors (Lipinski definition) is 2. The second-order valence-electron chi connectivity index (χ2n) is 9.65. The highest BCUT2D eigenvalue weighted by atomic mass is 32.2. The zero-order valence-electron chi connectivity index (χ0n) is 23.2. The quantitative estimate of drug-likeness (QED) is 0.236. The van der Waals surface area contributed by atoms with E-state index < -0.39 is 37.5 Å². The van der Waals surface area contributed by atoms with E-state index >= 15 is 0 Å². The van der Waals surface area contributed by atoms with E-state index in [4.69, 9.17) is 14.2 Å². The Bertz CT molecular complexity index is 1520. The minimum Gasteiger partial charge on any atom is -0.497 e. The van der Waals surface area contributed by atoms with Gasteiger partial charge in [-0.15, -0.1) is 0 Å². The molecule has 14 heteroatoms. The van der Waals surface area contributed by atoms with E-state index in [1.54, 1.807) is 45.0 Å². The molecule has 1 aromatic heterocycles. The van der Waals surface area contributed by atoms with Gasteiger partial charge in [-0.05, 0) is 63.4 Å². The first-order chi connectivity index (χ1) is 19.5. The van der Waals surface area contributed by atoms with Crippen molar-refractivity contribution in [1.29, 1.82) is 0 Å². The van der Waals surface area contributed by atoms with Crippen LogP contribution in [0.25, 0.3) is 5.69 Å². The standard InChI is InChI=1S/C27H33N5O8S/c1-5-17(2)30-41(36,37)24-15-20(32(34)35)10-13-23(24)40-27-18(3)25(26(33)28-16-22-7-6-14-39-22)29-31(27)19-8-11-21(38-4)12-9-19/h8-13,15,17,22,30H,5-7,14,16H2,1-4H3,(H,28,33)/t17-,22+/m1/s1. The molecular formula is C27H33N5O8S. The number of benzene rings is 2. The number of sulfonamides is 1. The normalized spacial score (nSPS) is 15.9. The van der Waals surface area contributed by atoms with Gasteiger partial charge in [0.1, 0.15) is 16.4 Å². The van der Waals surface area contributed by atoms with Crippen molar-refractivity contribution >= 4 is 21.6 Å². The molecule has 0 radical (unpaired) electrons. The number of aromatic nitrogens is 2. The lowest BCUT2D eigenvalue weighted by molar-refractivity contribution is -0.385. The second-order valence-corrected chi connectivity index (χ2v) is 11.3. The Balaban J connectivity index is 1.79. The number of non-ortho nitro benzene ring substituents is 1. The fourth-order valence-corrected chi connectivity index (χ4v) is 5.70. The topological polar surface area (TPSA) is 164 Å². The zero-order chi connectivity index (χ0) is 29.7. The molecule has 220 valence electrons. The molecule has 2 aromatic carbocycles. The van der Waals surface area contributed by atoms with E-state index in [1.165, 1.54) is 17.9 Å². The number of nitrogens with zero attached hydrogens (tertiary/aromatic N) is 3. The van der Waals surface area contributed by atoms with Gasteiger partial charge in [-0.25, -0.2) is 13.1 Å². The van der Waals surface area contributed by atoms with Gasteiger partial charge in [0.2, 0.25) is 15.9 Å². The van der Waals surface area contributed by atoms with Crippen LogP contribution in [0, 0.1) is 17.0 Å². The summed E-state index contributed by atoms with van der Waals surface area (Å²) in [6.45, 7) is 6.08. The highest BCUT2D eigenvalue weighted by Gasteiger charge is 2.29. The number of hydrogen-bond acceptors (Lipinski definition) is 9. The van der Waals surface area contributed by atoms with E-state index in [9.17, 15) is 23.3 Å². The van der Waals surface area contributed by atoms with Crippen LogP contribution in [-0.4, -0.2) is 61.4 Å². The predicted octanol–water partition coefficient (Wildman–Crippen LogP) is 3.88. The molecule has 0 spiro atoms. The molecule has 2 N–H and O–H groups in total. The number of carbonyl (C=O) groups excluding carboxylic acids is 1. The van der Waals surface area contributed by atoms with Crippen LogP contribution in [0.3, 0.4) is 0 Å². The summed E-state index contributed by atoms with van der Waals surface area (Å²) in [7, 11) is -2.69. The Hall–Kier alpha value is -4.01. The number of amides is 1. The first-order valence-corrected chi connectivity index (χ1v) is 14.6. The highest BCUT2D eigenvalue weighted by Crippen LogP contribution is 2.36. The molecule has 0 unspecified atom stereocenters. The van der Waals surface area contributed by atoms with Gasteiger partial charge < -0.3 is 19.5 Å². The molecular weight excluding hydrogens is 554 g/mol. The van der Waals surface area contributed by atoms with Gasteiger partial charge in [-0.2, -0.15) is 9.78 Å². The summed E-state index contributed by atoms with van der Waals surface area (Å²) in [5, 5.41) is 18.8. The van der Waals surface area contributed by atoms with Crippen LogP contribution in [0.4, 0.5) is 5.69 Å². The highest BCUT2D eigenvalue weighted by molar-refractivity contribution is 7.89. The fraction of sp³-hybridized carbons (Fsp3) is 0.407. The van der Waals surface area contributed by atoms with E-state index in [0.29, 0.717) is 36.6 Å². The first-order valence-electron chi connectivity index (χ1n) is 13.2.